The van der Waals surface area contributed by atoms with Crippen molar-refractivity contribution in [2.75, 3.05) is 25.0 Å². The zero-order chi connectivity index (χ0) is 26.2. The molecule has 0 saturated heterocycles. The standard InChI is InChI=1S/C29H27N3O5/c1-3-32(4-2)28(34)21-13-10-14-22(17-21)31-26(33)19-36-29(35)24-16-9-8-15-23(24)27-30-18-25(37-27)20-11-6-5-7-12-20/h5-18H,3-4,19H2,1-2H3,(H,31,33). The van der Waals surface area contributed by atoms with Crippen molar-refractivity contribution in [3.63, 3.8) is 0 Å². The van der Waals surface area contributed by atoms with E-state index in [1.807, 2.05) is 44.2 Å². The molecular weight excluding hydrogens is 470 g/mol. The van der Waals surface area contributed by atoms with Gasteiger partial charge in [-0.25, -0.2) is 9.78 Å². The normalized spacial score (nSPS) is 10.5. The number of aromatic nitrogens is 1. The van der Waals surface area contributed by atoms with Gasteiger partial charge in [-0.05, 0) is 44.2 Å². The lowest BCUT2D eigenvalue weighted by Gasteiger charge is -2.19. The number of esters is 1. The molecular formula is C29H27N3O5. The lowest BCUT2D eigenvalue weighted by atomic mass is 10.1. The fourth-order valence-electron chi connectivity index (χ4n) is 3.81. The van der Waals surface area contributed by atoms with Crippen LogP contribution in [0.3, 0.4) is 0 Å². The Morgan fingerprint density at radius 3 is 2.41 bits per heavy atom. The van der Waals surface area contributed by atoms with Gasteiger partial charge in [-0.3, -0.25) is 9.59 Å². The fraction of sp³-hybridized carbons (Fsp3) is 0.172. The number of carbonyl (C=O) groups is 3. The van der Waals surface area contributed by atoms with Crippen LogP contribution in [0.25, 0.3) is 22.8 Å². The number of amides is 2. The first-order valence-electron chi connectivity index (χ1n) is 12.0. The van der Waals surface area contributed by atoms with E-state index in [4.69, 9.17) is 9.15 Å². The molecule has 0 aliphatic carbocycles. The Balaban J connectivity index is 1.41. The third-order valence-electron chi connectivity index (χ3n) is 5.72. The van der Waals surface area contributed by atoms with E-state index in [0.29, 0.717) is 35.7 Å². The second-order valence-corrected chi connectivity index (χ2v) is 8.12. The van der Waals surface area contributed by atoms with Gasteiger partial charge in [0.1, 0.15) is 0 Å². The van der Waals surface area contributed by atoms with Crippen molar-refractivity contribution in [3.8, 4) is 22.8 Å². The van der Waals surface area contributed by atoms with E-state index in [1.165, 1.54) is 0 Å². The first-order chi connectivity index (χ1) is 18.0. The maximum atomic E-state index is 12.8. The van der Waals surface area contributed by atoms with Gasteiger partial charge in [0, 0.05) is 29.9 Å². The van der Waals surface area contributed by atoms with Crippen molar-refractivity contribution in [3.05, 3.63) is 96.2 Å². The second kappa shape index (κ2) is 11.8. The summed E-state index contributed by atoms with van der Waals surface area (Å²) < 4.78 is 11.2. The average molecular weight is 498 g/mol. The molecule has 188 valence electrons. The number of anilines is 1. The molecule has 0 spiro atoms. The van der Waals surface area contributed by atoms with Gasteiger partial charge in [-0.1, -0.05) is 48.5 Å². The highest BCUT2D eigenvalue weighted by Gasteiger charge is 2.19. The average Bonchev–Trinajstić information content (AvgIpc) is 3.43. The van der Waals surface area contributed by atoms with Crippen LogP contribution < -0.4 is 5.32 Å². The van der Waals surface area contributed by atoms with Crippen molar-refractivity contribution in [1.82, 2.24) is 9.88 Å². The first-order valence-corrected chi connectivity index (χ1v) is 12.0. The van der Waals surface area contributed by atoms with Crippen molar-refractivity contribution < 1.29 is 23.5 Å². The summed E-state index contributed by atoms with van der Waals surface area (Å²) >= 11 is 0. The quantitative estimate of drug-likeness (QED) is 0.316. The number of oxazole rings is 1. The number of hydrogen-bond acceptors (Lipinski definition) is 6. The van der Waals surface area contributed by atoms with Gasteiger partial charge in [0.15, 0.2) is 12.4 Å². The van der Waals surface area contributed by atoms with E-state index in [0.717, 1.165) is 5.56 Å². The van der Waals surface area contributed by atoms with Crippen LogP contribution in [0.15, 0.2) is 89.5 Å². The molecule has 0 aliphatic rings. The second-order valence-electron chi connectivity index (χ2n) is 8.12. The fourth-order valence-corrected chi connectivity index (χ4v) is 3.81. The topological polar surface area (TPSA) is 102 Å². The lowest BCUT2D eigenvalue weighted by Crippen LogP contribution is -2.30. The highest BCUT2D eigenvalue weighted by atomic mass is 16.5. The molecule has 1 heterocycles. The Morgan fingerprint density at radius 2 is 1.65 bits per heavy atom. The van der Waals surface area contributed by atoms with Crippen LogP contribution in [0.5, 0.6) is 0 Å². The third-order valence-corrected chi connectivity index (χ3v) is 5.72. The van der Waals surface area contributed by atoms with Crippen LogP contribution in [0.4, 0.5) is 5.69 Å². The Kier molecular flexibility index (Phi) is 8.10. The summed E-state index contributed by atoms with van der Waals surface area (Å²) in [7, 11) is 0. The summed E-state index contributed by atoms with van der Waals surface area (Å²) in [6.07, 6.45) is 1.60. The SMILES string of the molecule is CCN(CC)C(=O)c1cccc(NC(=O)COC(=O)c2ccccc2-c2ncc(-c3ccccc3)o2)c1. The maximum Gasteiger partial charge on any atom is 0.339 e. The third kappa shape index (κ3) is 6.10. The molecule has 0 atom stereocenters. The molecule has 0 saturated carbocycles. The van der Waals surface area contributed by atoms with Gasteiger partial charge < -0.3 is 19.4 Å². The number of hydrogen-bond donors (Lipinski definition) is 1. The number of nitrogens with zero attached hydrogens (tertiary/aromatic N) is 2. The van der Waals surface area contributed by atoms with E-state index in [1.54, 1.807) is 59.6 Å². The minimum atomic E-state index is -0.685. The molecule has 1 N–H and O–H groups in total. The van der Waals surface area contributed by atoms with Crippen LogP contribution in [0.1, 0.15) is 34.6 Å². The minimum absolute atomic E-state index is 0.119. The molecule has 4 rings (SSSR count). The summed E-state index contributed by atoms with van der Waals surface area (Å²) in [6, 6.07) is 22.9. The van der Waals surface area contributed by atoms with Gasteiger partial charge in [-0.2, -0.15) is 0 Å². The highest BCUT2D eigenvalue weighted by molar-refractivity contribution is 6.00. The van der Waals surface area contributed by atoms with Gasteiger partial charge in [0.2, 0.25) is 5.89 Å². The van der Waals surface area contributed by atoms with Gasteiger partial charge >= 0.3 is 5.97 Å². The van der Waals surface area contributed by atoms with E-state index in [-0.39, 0.29) is 17.4 Å². The van der Waals surface area contributed by atoms with E-state index >= 15 is 0 Å². The molecule has 0 bridgehead atoms. The monoisotopic (exact) mass is 497 g/mol. The Hall–Kier alpha value is -4.72. The zero-order valence-electron chi connectivity index (χ0n) is 20.6. The lowest BCUT2D eigenvalue weighted by molar-refractivity contribution is -0.119. The molecule has 0 fully saturated rings. The number of carbonyl (C=O) groups excluding carboxylic acids is 3. The molecule has 0 unspecified atom stereocenters. The van der Waals surface area contributed by atoms with Gasteiger partial charge in [-0.15, -0.1) is 0 Å². The molecule has 0 radical (unpaired) electrons. The van der Waals surface area contributed by atoms with E-state index in [9.17, 15) is 14.4 Å². The highest BCUT2D eigenvalue weighted by Crippen LogP contribution is 2.28. The Labute approximate surface area is 214 Å². The summed E-state index contributed by atoms with van der Waals surface area (Å²) in [5.74, 6) is -0.493. The summed E-state index contributed by atoms with van der Waals surface area (Å²) in [5, 5.41) is 2.67. The van der Waals surface area contributed by atoms with Crippen LogP contribution in [0.2, 0.25) is 0 Å². The predicted octanol–water partition coefficient (Wildman–Crippen LogP) is 5.29. The molecule has 8 heteroatoms. The molecule has 2 amide bonds. The Morgan fingerprint density at radius 1 is 0.919 bits per heavy atom. The van der Waals surface area contributed by atoms with E-state index in [2.05, 4.69) is 10.3 Å². The molecule has 8 nitrogen and oxygen atoms in total. The predicted molar refractivity (Wildman–Crippen MR) is 140 cm³/mol. The number of benzene rings is 3. The smallest absolute Gasteiger partial charge is 0.339 e. The number of ether oxygens (including phenoxy) is 1. The van der Waals surface area contributed by atoms with Crippen molar-refractivity contribution in [1.29, 1.82) is 0 Å². The first kappa shape index (κ1) is 25.4. The Bertz CT molecular complexity index is 1390. The molecule has 1 aromatic heterocycles. The van der Waals surface area contributed by atoms with Crippen molar-refractivity contribution >= 4 is 23.5 Å². The summed E-state index contributed by atoms with van der Waals surface area (Å²) in [4.78, 5) is 43.9. The van der Waals surface area contributed by atoms with Crippen molar-refractivity contribution in [2.24, 2.45) is 0 Å². The molecule has 0 aliphatic heterocycles. The number of nitrogens with one attached hydrogen (secondary N) is 1. The molecule has 4 aromatic rings. The molecule has 37 heavy (non-hydrogen) atoms. The van der Waals surface area contributed by atoms with Crippen molar-refractivity contribution in [2.45, 2.75) is 13.8 Å². The largest absolute Gasteiger partial charge is 0.452 e. The number of rotatable bonds is 9. The maximum absolute atomic E-state index is 12.8. The van der Waals surface area contributed by atoms with Crippen LogP contribution >= 0.6 is 0 Å². The van der Waals surface area contributed by atoms with Crippen LogP contribution in [-0.4, -0.2) is 47.4 Å². The van der Waals surface area contributed by atoms with Crippen LogP contribution in [0, 0.1) is 0 Å². The zero-order valence-corrected chi connectivity index (χ0v) is 20.6. The van der Waals surface area contributed by atoms with Gasteiger partial charge in [0.25, 0.3) is 11.8 Å². The summed E-state index contributed by atoms with van der Waals surface area (Å²) in [6.45, 7) is 4.49. The minimum Gasteiger partial charge on any atom is -0.452 e. The summed E-state index contributed by atoms with van der Waals surface area (Å²) in [5.41, 5.74) is 2.45. The van der Waals surface area contributed by atoms with Gasteiger partial charge in [0.05, 0.1) is 17.3 Å². The molecule has 3 aromatic carbocycles. The van der Waals surface area contributed by atoms with E-state index < -0.39 is 18.5 Å². The van der Waals surface area contributed by atoms with Crippen LogP contribution in [-0.2, 0) is 9.53 Å².